The number of fused-ring (bicyclic) bond motifs is 1. The van der Waals surface area contributed by atoms with Crippen LogP contribution in [0.3, 0.4) is 0 Å². The van der Waals surface area contributed by atoms with Crippen LogP contribution in [0.4, 0.5) is 0 Å². The Morgan fingerprint density at radius 1 is 1.56 bits per heavy atom. The van der Waals surface area contributed by atoms with Crippen LogP contribution in [0.5, 0.6) is 0 Å². The summed E-state index contributed by atoms with van der Waals surface area (Å²) in [6.45, 7) is 3.74. The Balaban J connectivity index is 2.12. The Morgan fingerprint density at radius 2 is 2.31 bits per heavy atom. The highest BCUT2D eigenvalue weighted by Gasteiger charge is 2.13. The van der Waals surface area contributed by atoms with Gasteiger partial charge >= 0.3 is 5.97 Å². The maximum absolute atomic E-state index is 10.5. The van der Waals surface area contributed by atoms with E-state index in [1.807, 2.05) is 13.8 Å². The van der Waals surface area contributed by atoms with Crippen molar-refractivity contribution in [2.75, 3.05) is 0 Å². The van der Waals surface area contributed by atoms with E-state index in [-0.39, 0.29) is 12.3 Å². The van der Waals surface area contributed by atoms with Crippen molar-refractivity contribution < 1.29 is 9.90 Å². The number of aliphatic carboxylic acids is 1. The van der Waals surface area contributed by atoms with Crippen molar-refractivity contribution in [2.24, 2.45) is 5.92 Å². The maximum atomic E-state index is 10.5. The minimum absolute atomic E-state index is 0.0848. The molecule has 1 unspecified atom stereocenters. The van der Waals surface area contributed by atoms with Crippen LogP contribution >= 0.6 is 11.3 Å². The average Bonchev–Trinajstić information content (AvgIpc) is 2.67. The molecule has 0 fully saturated rings. The van der Waals surface area contributed by atoms with Crippen molar-refractivity contribution in [1.29, 1.82) is 0 Å². The lowest BCUT2D eigenvalue weighted by Gasteiger charge is -2.04. The highest BCUT2D eigenvalue weighted by molar-refractivity contribution is 7.16. The number of nitrogens with zero attached hydrogens (tertiary/aromatic N) is 4. The molecule has 2 heterocycles. The van der Waals surface area contributed by atoms with Gasteiger partial charge in [-0.15, -0.1) is 10.2 Å². The number of carbonyl (C=O) groups is 1. The van der Waals surface area contributed by atoms with E-state index in [4.69, 9.17) is 5.11 Å². The van der Waals surface area contributed by atoms with E-state index in [1.54, 1.807) is 4.52 Å². The molecular formula is C9H12N4O2S. The third-order valence-electron chi connectivity index (χ3n) is 2.23. The molecule has 0 bridgehead atoms. The Kier molecular flexibility index (Phi) is 2.86. The van der Waals surface area contributed by atoms with Gasteiger partial charge in [0, 0.05) is 12.8 Å². The second kappa shape index (κ2) is 4.17. The van der Waals surface area contributed by atoms with Crippen LogP contribution in [0.15, 0.2) is 0 Å². The molecule has 1 N–H and O–H groups in total. The summed E-state index contributed by atoms with van der Waals surface area (Å²) in [7, 11) is 0. The fraction of sp³-hybridized carbons (Fsp3) is 0.556. The summed E-state index contributed by atoms with van der Waals surface area (Å²) >= 11 is 1.46. The van der Waals surface area contributed by atoms with E-state index in [2.05, 4.69) is 15.3 Å². The van der Waals surface area contributed by atoms with Gasteiger partial charge in [0.25, 0.3) is 0 Å². The topological polar surface area (TPSA) is 80.4 Å². The largest absolute Gasteiger partial charge is 0.481 e. The first-order chi connectivity index (χ1) is 7.56. The monoisotopic (exact) mass is 240 g/mol. The fourth-order valence-electron chi connectivity index (χ4n) is 1.51. The second-order valence-electron chi connectivity index (χ2n) is 3.84. The molecule has 0 saturated carbocycles. The van der Waals surface area contributed by atoms with Gasteiger partial charge in [0.05, 0.1) is 0 Å². The summed E-state index contributed by atoms with van der Waals surface area (Å²) in [5, 5.41) is 21.8. The van der Waals surface area contributed by atoms with Crippen molar-refractivity contribution in [3.63, 3.8) is 0 Å². The van der Waals surface area contributed by atoms with Crippen molar-refractivity contribution in [1.82, 2.24) is 19.8 Å². The molecule has 2 aromatic heterocycles. The minimum atomic E-state index is -0.772. The van der Waals surface area contributed by atoms with Gasteiger partial charge < -0.3 is 5.11 Å². The summed E-state index contributed by atoms with van der Waals surface area (Å²) in [4.78, 5) is 11.3. The third-order valence-corrected chi connectivity index (χ3v) is 3.16. The molecule has 0 aliphatic carbocycles. The zero-order valence-electron chi connectivity index (χ0n) is 9.04. The summed E-state index contributed by atoms with van der Waals surface area (Å²) in [6.07, 6.45) is 0.832. The number of carboxylic acid groups (broad SMARTS) is 1. The smallest absolute Gasteiger partial charge is 0.303 e. The van der Waals surface area contributed by atoms with Crippen molar-refractivity contribution in [2.45, 2.75) is 26.7 Å². The molecule has 2 rings (SSSR count). The second-order valence-corrected chi connectivity index (χ2v) is 4.89. The highest BCUT2D eigenvalue weighted by atomic mass is 32.1. The van der Waals surface area contributed by atoms with E-state index in [1.165, 1.54) is 11.3 Å². The number of rotatable bonds is 4. The predicted molar refractivity (Wildman–Crippen MR) is 58.5 cm³/mol. The van der Waals surface area contributed by atoms with Gasteiger partial charge in [-0.05, 0) is 12.8 Å². The summed E-state index contributed by atoms with van der Waals surface area (Å²) in [5.74, 6) is 0.0664. The molecule has 7 heteroatoms. The van der Waals surface area contributed by atoms with E-state index >= 15 is 0 Å². The van der Waals surface area contributed by atoms with Crippen LogP contribution in [-0.4, -0.2) is 30.9 Å². The first kappa shape index (κ1) is 11.0. The Morgan fingerprint density at radius 3 is 2.94 bits per heavy atom. The molecule has 0 aromatic carbocycles. The molecule has 0 aliphatic rings. The molecule has 2 aromatic rings. The van der Waals surface area contributed by atoms with Gasteiger partial charge in [0.15, 0.2) is 5.82 Å². The van der Waals surface area contributed by atoms with Crippen LogP contribution in [0, 0.1) is 12.8 Å². The van der Waals surface area contributed by atoms with Crippen molar-refractivity contribution in [3.05, 3.63) is 10.8 Å². The molecule has 0 saturated heterocycles. The van der Waals surface area contributed by atoms with E-state index < -0.39 is 5.97 Å². The molecule has 0 aliphatic heterocycles. The predicted octanol–water partition coefficient (Wildman–Crippen LogP) is 1.15. The average molecular weight is 240 g/mol. The minimum Gasteiger partial charge on any atom is -0.481 e. The zero-order valence-corrected chi connectivity index (χ0v) is 9.86. The van der Waals surface area contributed by atoms with Gasteiger partial charge in [-0.2, -0.15) is 9.61 Å². The van der Waals surface area contributed by atoms with Gasteiger partial charge in [0.2, 0.25) is 4.96 Å². The zero-order chi connectivity index (χ0) is 11.7. The van der Waals surface area contributed by atoms with Crippen LogP contribution in [0.2, 0.25) is 0 Å². The molecule has 16 heavy (non-hydrogen) atoms. The van der Waals surface area contributed by atoms with Gasteiger partial charge in [0.1, 0.15) is 5.01 Å². The van der Waals surface area contributed by atoms with E-state index in [0.717, 1.165) is 15.8 Å². The number of carboxylic acids is 1. The lowest BCUT2D eigenvalue weighted by atomic mass is 10.1. The summed E-state index contributed by atoms with van der Waals surface area (Å²) in [5.41, 5.74) is 0. The Hall–Kier alpha value is -1.50. The van der Waals surface area contributed by atoms with Gasteiger partial charge in [-0.3, -0.25) is 4.79 Å². The fourth-order valence-corrected chi connectivity index (χ4v) is 2.55. The number of aryl methyl sites for hydroxylation is 1. The van der Waals surface area contributed by atoms with E-state index in [9.17, 15) is 4.79 Å². The van der Waals surface area contributed by atoms with Crippen LogP contribution < -0.4 is 0 Å². The summed E-state index contributed by atoms with van der Waals surface area (Å²) < 4.78 is 1.69. The van der Waals surface area contributed by atoms with Gasteiger partial charge in [-0.1, -0.05) is 18.3 Å². The van der Waals surface area contributed by atoms with E-state index in [0.29, 0.717) is 6.42 Å². The van der Waals surface area contributed by atoms with Crippen LogP contribution in [0.1, 0.15) is 24.2 Å². The SMILES string of the molecule is Cc1nnc2sc(CC(C)CC(=O)O)nn12. The quantitative estimate of drug-likeness (QED) is 0.867. The standard InChI is InChI=1S/C9H12N4O2S/c1-5(4-8(14)15)3-7-12-13-6(2)10-11-9(13)16-7/h5H,3-4H2,1-2H3,(H,14,15). The molecule has 86 valence electrons. The summed E-state index contributed by atoms with van der Waals surface area (Å²) in [6, 6.07) is 0. The molecule has 0 spiro atoms. The third kappa shape index (κ3) is 2.19. The molecule has 0 amide bonds. The Labute approximate surface area is 95.9 Å². The maximum Gasteiger partial charge on any atom is 0.303 e. The lowest BCUT2D eigenvalue weighted by molar-refractivity contribution is -0.137. The van der Waals surface area contributed by atoms with Crippen LogP contribution in [-0.2, 0) is 11.2 Å². The van der Waals surface area contributed by atoms with Crippen molar-refractivity contribution in [3.8, 4) is 0 Å². The molecule has 6 nitrogen and oxygen atoms in total. The first-order valence-electron chi connectivity index (χ1n) is 4.95. The lowest BCUT2D eigenvalue weighted by Crippen LogP contribution is -2.07. The molecular weight excluding hydrogens is 228 g/mol. The van der Waals surface area contributed by atoms with Crippen LogP contribution in [0.25, 0.3) is 4.96 Å². The normalized spacial score (nSPS) is 13.1. The number of aromatic nitrogens is 4. The number of hydrogen-bond acceptors (Lipinski definition) is 5. The Bertz CT molecular complexity index is 519. The molecule has 0 radical (unpaired) electrons. The van der Waals surface area contributed by atoms with Crippen molar-refractivity contribution >= 4 is 22.3 Å². The number of hydrogen-bond donors (Lipinski definition) is 1. The first-order valence-corrected chi connectivity index (χ1v) is 5.77. The van der Waals surface area contributed by atoms with Gasteiger partial charge in [-0.25, -0.2) is 0 Å². The highest BCUT2D eigenvalue weighted by Crippen LogP contribution is 2.18. The molecule has 1 atom stereocenters.